The zero-order chi connectivity index (χ0) is 18.7. The number of carbonyl (C=O) groups excluding carboxylic acids is 1. The van der Waals surface area contributed by atoms with Crippen LogP contribution in [0.25, 0.3) is 0 Å². The summed E-state index contributed by atoms with van der Waals surface area (Å²) in [5.74, 6) is -0.0274. The summed E-state index contributed by atoms with van der Waals surface area (Å²) in [4.78, 5) is 16.7. The highest BCUT2D eigenvalue weighted by atomic mass is 79.9. The van der Waals surface area contributed by atoms with Gasteiger partial charge in [-0.15, -0.1) is 0 Å². The SMILES string of the molecule is CN1CCN(C(=O)c2ccc(NS(=O)(=O)c3ccc(Br)cc3)cc2)CC1. The molecular formula is C18H20BrN3O3S. The van der Waals surface area contributed by atoms with Crippen molar-refractivity contribution in [3.05, 3.63) is 58.6 Å². The lowest BCUT2D eigenvalue weighted by Gasteiger charge is -2.32. The van der Waals surface area contributed by atoms with Crippen LogP contribution in [0.2, 0.25) is 0 Å². The highest BCUT2D eigenvalue weighted by Gasteiger charge is 2.20. The van der Waals surface area contributed by atoms with Crippen LogP contribution in [0, 0.1) is 0 Å². The van der Waals surface area contributed by atoms with E-state index in [0.29, 0.717) is 24.3 Å². The molecule has 8 heteroatoms. The van der Waals surface area contributed by atoms with Gasteiger partial charge in [-0.05, 0) is 55.6 Å². The van der Waals surface area contributed by atoms with E-state index in [-0.39, 0.29) is 10.8 Å². The number of piperazine rings is 1. The summed E-state index contributed by atoms with van der Waals surface area (Å²) in [7, 11) is -1.63. The molecule has 138 valence electrons. The Morgan fingerprint density at radius 1 is 0.962 bits per heavy atom. The number of nitrogens with one attached hydrogen (secondary N) is 1. The molecular weight excluding hydrogens is 418 g/mol. The predicted octanol–water partition coefficient (Wildman–Crippen LogP) is 2.64. The van der Waals surface area contributed by atoms with E-state index in [4.69, 9.17) is 0 Å². The highest BCUT2D eigenvalue weighted by Crippen LogP contribution is 2.19. The molecule has 0 radical (unpaired) electrons. The third kappa shape index (κ3) is 4.44. The number of amides is 1. The van der Waals surface area contributed by atoms with Gasteiger partial charge in [0.25, 0.3) is 15.9 Å². The van der Waals surface area contributed by atoms with Gasteiger partial charge in [0.1, 0.15) is 0 Å². The molecule has 1 saturated heterocycles. The Balaban J connectivity index is 1.69. The first-order chi connectivity index (χ1) is 12.3. The Hall–Kier alpha value is -1.90. The predicted molar refractivity (Wildman–Crippen MR) is 105 cm³/mol. The van der Waals surface area contributed by atoms with E-state index in [9.17, 15) is 13.2 Å². The lowest BCUT2D eigenvalue weighted by molar-refractivity contribution is 0.0664. The first-order valence-electron chi connectivity index (χ1n) is 8.21. The third-order valence-electron chi connectivity index (χ3n) is 4.30. The smallest absolute Gasteiger partial charge is 0.261 e. The summed E-state index contributed by atoms with van der Waals surface area (Å²) < 4.78 is 28.1. The number of nitrogens with zero attached hydrogens (tertiary/aromatic N) is 2. The largest absolute Gasteiger partial charge is 0.336 e. The maximum absolute atomic E-state index is 12.5. The normalized spacial score (nSPS) is 15.7. The molecule has 0 bridgehead atoms. The first-order valence-corrected chi connectivity index (χ1v) is 10.5. The maximum Gasteiger partial charge on any atom is 0.261 e. The average molecular weight is 438 g/mol. The topological polar surface area (TPSA) is 69.7 Å². The Kier molecular flexibility index (Phi) is 5.64. The van der Waals surface area contributed by atoms with Crippen molar-refractivity contribution in [2.75, 3.05) is 37.9 Å². The van der Waals surface area contributed by atoms with Crippen molar-refractivity contribution in [2.45, 2.75) is 4.90 Å². The van der Waals surface area contributed by atoms with Crippen LogP contribution in [0.5, 0.6) is 0 Å². The van der Waals surface area contributed by atoms with E-state index in [1.807, 2.05) is 11.9 Å². The molecule has 6 nitrogen and oxygen atoms in total. The van der Waals surface area contributed by atoms with Gasteiger partial charge >= 0.3 is 0 Å². The second-order valence-electron chi connectivity index (χ2n) is 6.23. The zero-order valence-electron chi connectivity index (χ0n) is 14.4. The minimum absolute atomic E-state index is 0.0274. The van der Waals surface area contributed by atoms with Crippen molar-refractivity contribution >= 4 is 37.5 Å². The van der Waals surface area contributed by atoms with Crippen molar-refractivity contribution < 1.29 is 13.2 Å². The van der Waals surface area contributed by atoms with Crippen LogP contribution in [0.4, 0.5) is 5.69 Å². The zero-order valence-corrected chi connectivity index (χ0v) is 16.8. The third-order valence-corrected chi connectivity index (χ3v) is 6.22. The van der Waals surface area contributed by atoms with Crippen LogP contribution in [0.1, 0.15) is 10.4 Å². The molecule has 1 fully saturated rings. The van der Waals surface area contributed by atoms with Crippen molar-refractivity contribution in [3.8, 4) is 0 Å². The Morgan fingerprint density at radius 3 is 2.12 bits per heavy atom. The van der Waals surface area contributed by atoms with Gasteiger partial charge in [0, 0.05) is 41.9 Å². The minimum Gasteiger partial charge on any atom is -0.336 e. The molecule has 1 amide bonds. The van der Waals surface area contributed by atoms with Gasteiger partial charge in [-0.2, -0.15) is 0 Å². The van der Waals surface area contributed by atoms with E-state index in [2.05, 4.69) is 25.6 Å². The maximum atomic E-state index is 12.5. The molecule has 2 aromatic carbocycles. The first kappa shape index (κ1) is 18.9. The fraction of sp³-hybridized carbons (Fsp3) is 0.278. The molecule has 1 aliphatic rings. The molecule has 3 rings (SSSR count). The number of benzene rings is 2. The summed E-state index contributed by atoms with van der Waals surface area (Å²) >= 11 is 3.28. The lowest BCUT2D eigenvalue weighted by Crippen LogP contribution is -2.47. The molecule has 2 aromatic rings. The average Bonchev–Trinajstić information content (AvgIpc) is 2.62. The van der Waals surface area contributed by atoms with Crippen molar-refractivity contribution in [1.29, 1.82) is 0 Å². The molecule has 0 atom stereocenters. The van der Waals surface area contributed by atoms with Crippen LogP contribution in [0.15, 0.2) is 57.9 Å². The second-order valence-corrected chi connectivity index (χ2v) is 8.83. The molecule has 0 aliphatic carbocycles. The molecule has 0 unspecified atom stereocenters. The van der Waals surface area contributed by atoms with E-state index >= 15 is 0 Å². The molecule has 26 heavy (non-hydrogen) atoms. The van der Waals surface area contributed by atoms with Crippen molar-refractivity contribution in [3.63, 3.8) is 0 Å². The van der Waals surface area contributed by atoms with E-state index < -0.39 is 10.0 Å². The highest BCUT2D eigenvalue weighted by molar-refractivity contribution is 9.10. The number of anilines is 1. The number of likely N-dealkylation sites (N-methyl/N-ethyl adjacent to an activating group) is 1. The molecule has 0 saturated carbocycles. The van der Waals surface area contributed by atoms with Crippen LogP contribution in [-0.4, -0.2) is 57.4 Å². The Bertz CT molecular complexity index is 875. The lowest BCUT2D eigenvalue weighted by atomic mass is 10.1. The van der Waals surface area contributed by atoms with E-state index in [1.54, 1.807) is 36.4 Å². The number of halogens is 1. The molecule has 1 heterocycles. The van der Waals surface area contributed by atoms with Gasteiger partial charge in [-0.3, -0.25) is 9.52 Å². The number of hydrogen-bond donors (Lipinski definition) is 1. The number of sulfonamides is 1. The number of carbonyl (C=O) groups is 1. The second kappa shape index (κ2) is 7.77. The number of hydrogen-bond acceptors (Lipinski definition) is 4. The van der Waals surface area contributed by atoms with Gasteiger partial charge in [-0.25, -0.2) is 8.42 Å². The van der Waals surface area contributed by atoms with Crippen molar-refractivity contribution in [2.24, 2.45) is 0 Å². The summed E-state index contributed by atoms with van der Waals surface area (Å²) in [6.07, 6.45) is 0. The van der Waals surface area contributed by atoms with Crippen LogP contribution >= 0.6 is 15.9 Å². The molecule has 0 aromatic heterocycles. The van der Waals surface area contributed by atoms with Crippen LogP contribution in [0.3, 0.4) is 0 Å². The summed E-state index contributed by atoms with van der Waals surface area (Å²) in [5.41, 5.74) is 0.976. The van der Waals surface area contributed by atoms with Gasteiger partial charge < -0.3 is 9.80 Å². The summed E-state index contributed by atoms with van der Waals surface area (Å²) in [6, 6.07) is 12.9. The van der Waals surface area contributed by atoms with Gasteiger partial charge in [0.05, 0.1) is 4.90 Å². The van der Waals surface area contributed by atoms with Gasteiger partial charge in [0.2, 0.25) is 0 Å². The molecule has 1 N–H and O–H groups in total. The van der Waals surface area contributed by atoms with Crippen LogP contribution < -0.4 is 4.72 Å². The standard InChI is InChI=1S/C18H20BrN3O3S/c1-21-10-12-22(13-11-21)18(23)14-2-6-16(7-3-14)20-26(24,25)17-8-4-15(19)5-9-17/h2-9,20H,10-13H2,1H3. The minimum atomic E-state index is -3.66. The Labute approximate surface area is 162 Å². The van der Waals surface area contributed by atoms with Gasteiger partial charge in [-0.1, -0.05) is 15.9 Å². The van der Waals surface area contributed by atoms with E-state index in [1.165, 1.54) is 12.1 Å². The monoisotopic (exact) mass is 437 g/mol. The molecule has 1 aliphatic heterocycles. The van der Waals surface area contributed by atoms with Gasteiger partial charge in [0.15, 0.2) is 0 Å². The quantitative estimate of drug-likeness (QED) is 0.797. The summed E-state index contributed by atoms with van der Waals surface area (Å²) in [6.45, 7) is 3.12. The summed E-state index contributed by atoms with van der Waals surface area (Å²) in [5, 5.41) is 0. The fourth-order valence-corrected chi connectivity index (χ4v) is 4.02. The fourth-order valence-electron chi connectivity index (χ4n) is 2.70. The van der Waals surface area contributed by atoms with E-state index in [0.717, 1.165) is 17.6 Å². The number of rotatable bonds is 4. The van der Waals surface area contributed by atoms with Crippen molar-refractivity contribution in [1.82, 2.24) is 9.80 Å². The van der Waals surface area contributed by atoms with Crippen LogP contribution in [-0.2, 0) is 10.0 Å². The molecule has 0 spiro atoms. The Morgan fingerprint density at radius 2 is 1.54 bits per heavy atom.